The number of hydrogen-bond acceptors (Lipinski definition) is 2. The first-order chi connectivity index (χ1) is 7.68. The van der Waals surface area contributed by atoms with Crippen LogP contribution in [-0.4, -0.2) is 25.2 Å². The molecule has 2 aliphatic heterocycles. The Kier molecular flexibility index (Phi) is 3.37. The van der Waals surface area contributed by atoms with Crippen LogP contribution in [0.2, 0.25) is 0 Å². The lowest BCUT2D eigenvalue weighted by Crippen LogP contribution is -2.55. The predicted molar refractivity (Wildman–Crippen MR) is 75.5 cm³/mol. The van der Waals surface area contributed by atoms with E-state index in [1.165, 1.54) is 23.2 Å². The van der Waals surface area contributed by atoms with E-state index < -0.39 is 0 Å². The maximum Gasteiger partial charge on any atom is 0.0459 e. The molecule has 0 radical (unpaired) electrons. The number of piperazine rings is 1. The highest BCUT2D eigenvalue weighted by atomic mass is 35.5. The summed E-state index contributed by atoms with van der Waals surface area (Å²) in [6.07, 6.45) is 1.22. The molecule has 94 valence electrons. The van der Waals surface area contributed by atoms with Gasteiger partial charge >= 0.3 is 0 Å². The Labute approximate surface area is 110 Å². The largest absolute Gasteiger partial charge is 0.363 e. The van der Waals surface area contributed by atoms with E-state index in [1.807, 2.05) is 0 Å². The quantitative estimate of drug-likeness (QED) is 0.763. The number of rotatable bonds is 0. The fourth-order valence-corrected chi connectivity index (χ4v) is 3.22. The van der Waals surface area contributed by atoms with Crippen LogP contribution in [0.5, 0.6) is 0 Å². The first-order valence-electron chi connectivity index (χ1n) is 6.26. The van der Waals surface area contributed by atoms with E-state index in [0.717, 1.165) is 13.1 Å². The Bertz CT molecular complexity index is 430. The minimum absolute atomic E-state index is 0. The van der Waals surface area contributed by atoms with Crippen LogP contribution in [0.15, 0.2) is 12.1 Å². The number of halogens is 1. The third kappa shape index (κ3) is 1.84. The van der Waals surface area contributed by atoms with Crippen LogP contribution < -0.4 is 10.2 Å². The average Bonchev–Trinajstić information content (AvgIpc) is 2.64. The van der Waals surface area contributed by atoms with Crippen LogP contribution in [-0.2, 0) is 6.42 Å². The van der Waals surface area contributed by atoms with E-state index >= 15 is 0 Å². The predicted octanol–water partition coefficient (Wildman–Crippen LogP) is 2.45. The summed E-state index contributed by atoms with van der Waals surface area (Å²) >= 11 is 0. The molecule has 1 fully saturated rings. The van der Waals surface area contributed by atoms with Crippen molar-refractivity contribution in [1.29, 1.82) is 0 Å². The summed E-state index contributed by atoms with van der Waals surface area (Å²) in [5.74, 6) is 0. The van der Waals surface area contributed by atoms with Crippen LogP contribution in [0.4, 0.5) is 5.69 Å². The van der Waals surface area contributed by atoms with Gasteiger partial charge in [-0.3, -0.25) is 0 Å². The minimum atomic E-state index is 0. The van der Waals surface area contributed by atoms with Crippen molar-refractivity contribution in [1.82, 2.24) is 5.32 Å². The zero-order chi connectivity index (χ0) is 11.3. The van der Waals surface area contributed by atoms with Crippen molar-refractivity contribution in [2.45, 2.75) is 39.3 Å². The summed E-state index contributed by atoms with van der Waals surface area (Å²) in [4.78, 5) is 2.65. The number of nitrogens with one attached hydrogen (secondary N) is 1. The monoisotopic (exact) mass is 252 g/mol. The first kappa shape index (κ1) is 12.7. The molecule has 1 N–H and O–H groups in total. The van der Waals surface area contributed by atoms with Crippen molar-refractivity contribution in [2.24, 2.45) is 0 Å². The molecule has 2 nitrogen and oxygen atoms in total. The molecule has 2 atom stereocenters. The fraction of sp³-hybridized carbons (Fsp3) is 0.571. The van der Waals surface area contributed by atoms with Crippen molar-refractivity contribution < 1.29 is 0 Å². The van der Waals surface area contributed by atoms with Gasteiger partial charge < -0.3 is 10.2 Å². The van der Waals surface area contributed by atoms with Gasteiger partial charge in [0.15, 0.2) is 0 Å². The van der Waals surface area contributed by atoms with E-state index in [-0.39, 0.29) is 12.4 Å². The molecular formula is C14H21ClN2. The zero-order valence-corrected chi connectivity index (χ0v) is 11.6. The van der Waals surface area contributed by atoms with Crippen LogP contribution >= 0.6 is 12.4 Å². The molecule has 1 aromatic rings. The topological polar surface area (TPSA) is 15.3 Å². The van der Waals surface area contributed by atoms with Crippen LogP contribution in [0.1, 0.15) is 23.6 Å². The summed E-state index contributed by atoms with van der Waals surface area (Å²) in [6, 6.07) is 5.90. The lowest BCUT2D eigenvalue weighted by Gasteiger charge is -2.39. The number of benzene rings is 1. The molecule has 2 aliphatic rings. The zero-order valence-electron chi connectivity index (χ0n) is 10.8. The van der Waals surface area contributed by atoms with Gasteiger partial charge in [0, 0.05) is 30.9 Å². The second kappa shape index (κ2) is 4.51. The smallest absolute Gasteiger partial charge is 0.0459 e. The Hall–Kier alpha value is -0.730. The average molecular weight is 253 g/mol. The van der Waals surface area contributed by atoms with Gasteiger partial charge in [0.2, 0.25) is 0 Å². The van der Waals surface area contributed by atoms with Gasteiger partial charge in [-0.15, -0.1) is 12.4 Å². The third-order valence-electron chi connectivity index (χ3n) is 4.19. The van der Waals surface area contributed by atoms with Crippen LogP contribution in [0.3, 0.4) is 0 Å². The van der Waals surface area contributed by atoms with Crippen LogP contribution in [0, 0.1) is 13.8 Å². The first-order valence-corrected chi connectivity index (χ1v) is 6.26. The molecule has 1 aromatic carbocycles. The van der Waals surface area contributed by atoms with Gasteiger partial charge in [0.1, 0.15) is 0 Å². The van der Waals surface area contributed by atoms with Gasteiger partial charge in [0.05, 0.1) is 0 Å². The minimum Gasteiger partial charge on any atom is -0.363 e. The highest BCUT2D eigenvalue weighted by Gasteiger charge is 2.35. The maximum absolute atomic E-state index is 3.53. The lowest BCUT2D eigenvalue weighted by atomic mass is 10.0. The van der Waals surface area contributed by atoms with Gasteiger partial charge in [-0.05, 0) is 43.9 Å². The second-order valence-corrected chi connectivity index (χ2v) is 5.29. The number of anilines is 1. The van der Waals surface area contributed by atoms with Crippen molar-refractivity contribution in [2.75, 3.05) is 18.0 Å². The van der Waals surface area contributed by atoms with Gasteiger partial charge in [-0.25, -0.2) is 0 Å². The molecule has 0 spiro atoms. The summed E-state index contributed by atoms with van der Waals surface area (Å²) in [7, 11) is 0. The molecular weight excluding hydrogens is 232 g/mol. The third-order valence-corrected chi connectivity index (χ3v) is 4.19. The number of fused-ring (bicyclic) bond motifs is 3. The number of nitrogens with zero attached hydrogens (tertiary/aromatic N) is 1. The highest BCUT2D eigenvalue weighted by Crippen LogP contribution is 2.38. The Balaban J connectivity index is 0.00000108. The van der Waals surface area contributed by atoms with E-state index in [0.29, 0.717) is 12.1 Å². The summed E-state index contributed by atoms with van der Waals surface area (Å²) in [6.45, 7) is 9.07. The molecule has 17 heavy (non-hydrogen) atoms. The molecule has 0 saturated carbocycles. The molecule has 3 rings (SSSR count). The van der Waals surface area contributed by atoms with Gasteiger partial charge in [0.25, 0.3) is 0 Å². The van der Waals surface area contributed by atoms with Crippen LogP contribution in [0.25, 0.3) is 0 Å². The number of aryl methyl sites for hydroxylation is 1. The SMILES string of the molecule is Cc1ccc2c(c1C)N1C(C)CNC[C@H]1C2.Cl. The Morgan fingerprint density at radius 3 is 2.76 bits per heavy atom. The molecule has 2 heterocycles. The van der Waals surface area contributed by atoms with E-state index in [2.05, 4.69) is 43.1 Å². The van der Waals surface area contributed by atoms with E-state index in [9.17, 15) is 0 Å². The summed E-state index contributed by atoms with van der Waals surface area (Å²) in [5.41, 5.74) is 5.97. The molecule has 0 amide bonds. The van der Waals surface area contributed by atoms with Crippen molar-refractivity contribution >= 4 is 18.1 Å². The molecule has 0 bridgehead atoms. The second-order valence-electron chi connectivity index (χ2n) is 5.29. The van der Waals surface area contributed by atoms with Gasteiger partial charge in [-0.2, -0.15) is 0 Å². The molecule has 0 aliphatic carbocycles. The van der Waals surface area contributed by atoms with Crippen molar-refractivity contribution in [3.05, 3.63) is 28.8 Å². The van der Waals surface area contributed by atoms with E-state index in [4.69, 9.17) is 0 Å². The molecule has 3 heteroatoms. The number of hydrogen-bond donors (Lipinski definition) is 1. The highest BCUT2D eigenvalue weighted by molar-refractivity contribution is 5.85. The summed E-state index contributed by atoms with van der Waals surface area (Å²) in [5, 5.41) is 3.53. The molecule has 1 saturated heterocycles. The summed E-state index contributed by atoms with van der Waals surface area (Å²) < 4.78 is 0. The normalized spacial score (nSPS) is 26.2. The Morgan fingerprint density at radius 1 is 1.24 bits per heavy atom. The van der Waals surface area contributed by atoms with E-state index in [1.54, 1.807) is 5.56 Å². The lowest BCUT2D eigenvalue weighted by molar-refractivity contribution is 0.429. The molecule has 0 aromatic heterocycles. The fourth-order valence-electron chi connectivity index (χ4n) is 3.22. The standard InChI is InChI=1S/C14H20N2.ClH/c1-9-4-5-12-6-13-8-15-7-10(2)16(13)14(12)11(9)3;/h4-5,10,13,15H,6-8H2,1-3H3;1H/t10?,13-;/m1./s1. The Morgan fingerprint density at radius 2 is 2.00 bits per heavy atom. The molecule has 1 unspecified atom stereocenters. The van der Waals surface area contributed by atoms with Crippen molar-refractivity contribution in [3.63, 3.8) is 0 Å². The van der Waals surface area contributed by atoms with Gasteiger partial charge in [-0.1, -0.05) is 12.1 Å². The maximum atomic E-state index is 3.53. The van der Waals surface area contributed by atoms with Crippen molar-refractivity contribution in [3.8, 4) is 0 Å².